The minimum atomic E-state index is -0.276. The van der Waals surface area contributed by atoms with Crippen LogP contribution in [0.2, 0.25) is 0 Å². The van der Waals surface area contributed by atoms with Crippen LogP contribution in [-0.4, -0.2) is 35.1 Å². The Morgan fingerprint density at radius 2 is 1.69 bits per heavy atom. The van der Waals surface area contributed by atoms with E-state index in [2.05, 4.69) is 24.3 Å². The first-order valence-corrected chi connectivity index (χ1v) is 12.4. The van der Waals surface area contributed by atoms with Crippen molar-refractivity contribution in [1.29, 1.82) is 0 Å². The molecular weight excluding hydrogens is 439 g/mol. The molecule has 3 aromatic carbocycles. The number of nitrogens with zero attached hydrogens (tertiary/aromatic N) is 2. The second-order valence-corrected chi connectivity index (χ2v) is 9.29. The molecule has 0 radical (unpaired) electrons. The first kappa shape index (κ1) is 23.2. The predicted molar refractivity (Wildman–Crippen MR) is 137 cm³/mol. The van der Waals surface area contributed by atoms with Crippen molar-refractivity contribution in [3.63, 3.8) is 0 Å². The summed E-state index contributed by atoms with van der Waals surface area (Å²) in [6, 6.07) is 25.0. The van der Waals surface area contributed by atoms with Gasteiger partial charge in [0.15, 0.2) is 0 Å². The summed E-state index contributed by atoms with van der Waals surface area (Å²) in [6.45, 7) is 4.41. The summed E-state index contributed by atoms with van der Waals surface area (Å²) in [5.41, 5.74) is 3.72. The molecule has 1 fully saturated rings. The number of aromatic nitrogens is 1. The maximum Gasteiger partial charge on any atom is 0.270 e. The van der Waals surface area contributed by atoms with E-state index in [0.717, 1.165) is 54.6 Å². The molecule has 0 saturated carbocycles. The summed E-state index contributed by atoms with van der Waals surface area (Å²) in [5.74, 6) is 1.10. The predicted octanol–water partition coefficient (Wildman–Crippen LogP) is 6.32. The van der Waals surface area contributed by atoms with Gasteiger partial charge in [0.05, 0.1) is 12.1 Å². The Balaban J connectivity index is 1.41. The summed E-state index contributed by atoms with van der Waals surface area (Å²) >= 11 is 0. The minimum Gasteiger partial charge on any atom is -0.493 e. The van der Waals surface area contributed by atoms with Crippen LogP contribution in [0, 0.1) is 11.7 Å². The number of hydrogen-bond donors (Lipinski definition) is 0. The highest BCUT2D eigenvalue weighted by Gasteiger charge is 2.27. The first-order chi connectivity index (χ1) is 17.1. The SMILES string of the molecule is CCOc1cccc2c1cc(C(=O)N1CCC(Cc3ccccc3)CC1)n2Cc1cccc(F)c1. The Bertz CT molecular complexity index is 1310. The molecule has 1 aliphatic rings. The molecule has 0 atom stereocenters. The third-order valence-corrected chi connectivity index (χ3v) is 6.92. The molecule has 180 valence electrons. The summed E-state index contributed by atoms with van der Waals surface area (Å²) in [4.78, 5) is 15.7. The molecule has 5 rings (SSSR count). The van der Waals surface area contributed by atoms with Gasteiger partial charge in [0.25, 0.3) is 5.91 Å². The van der Waals surface area contributed by atoms with Gasteiger partial charge in [-0.3, -0.25) is 4.79 Å². The molecule has 0 bridgehead atoms. The summed E-state index contributed by atoms with van der Waals surface area (Å²) in [6.07, 6.45) is 3.05. The van der Waals surface area contributed by atoms with Crippen molar-refractivity contribution in [1.82, 2.24) is 9.47 Å². The zero-order valence-electron chi connectivity index (χ0n) is 20.1. The number of carbonyl (C=O) groups is 1. The number of rotatable bonds is 7. The quantitative estimate of drug-likeness (QED) is 0.317. The molecule has 1 amide bonds. The molecule has 5 heteroatoms. The average Bonchev–Trinajstić information content (AvgIpc) is 3.24. The molecule has 1 aliphatic heterocycles. The molecule has 1 aromatic heterocycles. The molecule has 0 spiro atoms. The Labute approximate surface area is 205 Å². The summed E-state index contributed by atoms with van der Waals surface area (Å²) in [5, 5.41) is 0.910. The molecule has 4 aromatic rings. The van der Waals surface area contributed by atoms with Crippen molar-refractivity contribution in [2.45, 2.75) is 32.7 Å². The van der Waals surface area contributed by atoms with Gasteiger partial charge in [0, 0.05) is 25.0 Å². The zero-order chi connectivity index (χ0) is 24.2. The molecule has 0 aliphatic carbocycles. The van der Waals surface area contributed by atoms with Crippen molar-refractivity contribution in [3.8, 4) is 5.75 Å². The van der Waals surface area contributed by atoms with Gasteiger partial charge in [0.2, 0.25) is 0 Å². The largest absolute Gasteiger partial charge is 0.493 e. The fraction of sp³-hybridized carbons (Fsp3) is 0.300. The van der Waals surface area contributed by atoms with Crippen LogP contribution in [0.1, 0.15) is 41.4 Å². The van der Waals surface area contributed by atoms with Crippen LogP contribution in [0.4, 0.5) is 4.39 Å². The van der Waals surface area contributed by atoms with Gasteiger partial charge in [-0.05, 0) is 73.6 Å². The van der Waals surface area contributed by atoms with Gasteiger partial charge >= 0.3 is 0 Å². The van der Waals surface area contributed by atoms with Gasteiger partial charge in [-0.1, -0.05) is 48.5 Å². The monoisotopic (exact) mass is 470 g/mol. The van der Waals surface area contributed by atoms with E-state index in [9.17, 15) is 9.18 Å². The lowest BCUT2D eigenvalue weighted by Gasteiger charge is -2.32. The van der Waals surface area contributed by atoms with Crippen LogP contribution >= 0.6 is 0 Å². The fourth-order valence-corrected chi connectivity index (χ4v) is 5.15. The number of ether oxygens (including phenoxy) is 1. The van der Waals surface area contributed by atoms with Crippen LogP contribution < -0.4 is 4.74 Å². The highest BCUT2D eigenvalue weighted by molar-refractivity contribution is 6.00. The fourth-order valence-electron chi connectivity index (χ4n) is 5.15. The topological polar surface area (TPSA) is 34.5 Å². The van der Waals surface area contributed by atoms with E-state index in [4.69, 9.17) is 4.74 Å². The number of hydrogen-bond acceptors (Lipinski definition) is 2. The number of piperidine rings is 1. The second kappa shape index (κ2) is 10.3. The summed E-state index contributed by atoms with van der Waals surface area (Å²) in [7, 11) is 0. The van der Waals surface area contributed by atoms with Crippen molar-refractivity contribution in [3.05, 3.63) is 102 Å². The first-order valence-electron chi connectivity index (χ1n) is 12.4. The maximum absolute atomic E-state index is 13.9. The van der Waals surface area contributed by atoms with E-state index >= 15 is 0 Å². The number of amides is 1. The highest BCUT2D eigenvalue weighted by Crippen LogP contribution is 2.31. The lowest BCUT2D eigenvalue weighted by atomic mass is 9.90. The van der Waals surface area contributed by atoms with Crippen molar-refractivity contribution in [2.75, 3.05) is 19.7 Å². The van der Waals surface area contributed by atoms with Gasteiger partial charge in [-0.25, -0.2) is 4.39 Å². The number of carbonyl (C=O) groups excluding carboxylic acids is 1. The lowest BCUT2D eigenvalue weighted by Crippen LogP contribution is -2.39. The van der Waals surface area contributed by atoms with E-state index in [1.807, 2.05) is 52.8 Å². The number of halogens is 1. The Hall–Kier alpha value is -3.60. The second-order valence-electron chi connectivity index (χ2n) is 9.29. The van der Waals surface area contributed by atoms with Crippen molar-refractivity contribution < 1.29 is 13.9 Å². The van der Waals surface area contributed by atoms with E-state index in [0.29, 0.717) is 24.8 Å². The maximum atomic E-state index is 13.9. The van der Waals surface area contributed by atoms with Crippen molar-refractivity contribution in [2.24, 2.45) is 5.92 Å². The Morgan fingerprint density at radius 3 is 2.43 bits per heavy atom. The Morgan fingerprint density at radius 1 is 0.943 bits per heavy atom. The molecule has 0 unspecified atom stereocenters. The average molecular weight is 471 g/mol. The van der Waals surface area contributed by atoms with Crippen LogP contribution in [0.25, 0.3) is 10.9 Å². The van der Waals surface area contributed by atoms with E-state index in [1.54, 1.807) is 6.07 Å². The molecule has 4 nitrogen and oxygen atoms in total. The third-order valence-electron chi connectivity index (χ3n) is 6.92. The molecule has 35 heavy (non-hydrogen) atoms. The molecule has 1 saturated heterocycles. The van der Waals surface area contributed by atoms with Gasteiger partial charge in [0.1, 0.15) is 17.3 Å². The number of likely N-dealkylation sites (tertiary alicyclic amines) is 1. The van der Waals surface area contributed by atoms with E-state index < -0.39 is 0 Å². The molecular formula is C30H31FN2O2. The smallest absolute Gasteiger partial charge is 0.270 e. The van der Waals surface area contributed by atoms with Crippen LogP contribution in [0.3, 0.4) is 0 Å². The molecule has 2 heterocycles. The third kappa shape index (κ3) is 5.09. The normalized spacial score (nSPS) is 14.4. The zero-order valence-corrected chi connectivity index (χ0v) is 20.1. The van der Waals surface area contributed by atoms with Gasteiger partial charge < -0.3 is 14.2 Å². The Kier molecular flexibility index (Phi) is 6.84. The standard InChI is InChI=1S/C30H31FN2O2/c1-2-35-29-13-7-12-27-26(29)20-28(33(27)21-24-10-6-11-25(31)19-24)30(34)32-16-14-23(15-17-32)18-22-8-4-3-5-9-22/h3-13,19-20,23H,2,14-18,21H2,1H3. The lowest BCUT2D eigenvalue weighted by molar-refractivity contribution is 0.0680. The van der Waals surface area contributed by atoms with E-state index in [-0.39, 0.29) is 11.7 Å². The number of benzene rings is 3. The van der Waals surface area contributed by atoms with Crippen molar-refractivity contribution >= 4 is 16.8 Å². The van der Waals surface area contributed by atoms with Crippen LogP contribution in [-0.2, 0) is 13.0 Å². The van der Waals surface area contributed by atoms with Gasteiger partial charge in [-0.15, -0.1) is 0 Å². The summed E-state index contributed by atoms with van der Waals surface area (Å²) < 4.78 is 21.8. The van der Waals surface area contributed by atoms with Crippen LogP contribution in [0.5, 0.6) is 5.75 Å². The highest BCUT2D eigenvalue weighted by atomic mass is 19.1. The molecule has 0 N–H and O–H groups in total. The minimum absolute atomic E-state index is 0.0261. The number of fused-ring (bicyclic) bond motifs is 1. The van der Waals surface area contributed by atoms with E-state index in [1.165, 1.54) is 17.7 Å². The van der Waals surface area contributed by atoms with Crippen LogP contribution in [0.15, 0.2) is 78.9 Å². The van der Waals surface area contributed by atoms with Gasteiger partial charge in [-0.2, -0.15) is 0 Å².